The maximum absolute atomic E-state index is 13.6. The molecule has 4 saturated carbocycles. The van der Waals surface area contributed by atoms with E-state index >= 15 is 0 Å². The summed E-state index contributed by atoms with van der Waals surface area (Å²) >= 11 is 0. The third-order valence-corrected chi connectivity index (χ3v) is 11.7. The lowest BCUT2D eigenvalue weighted by Gasteiger charge is -2.62. The Morgan fingerprint density at radius 1 is 0.879 bits per heavy atom. The van der Waals surface area contributed by atoms with Crippen LogP contribution in [0.1, 0.15) is 97.3 Å². The van der Waals surface area contributed by atoms with Crippen LogP contribution in [0.3, 0.4) is 0 Å². The Kier molecular flexibility index (Phi) is 5.98. The Hall–Kier alpha value is -0.330. The van der Waals surface area contributed by atoms with E-state index in [1.165, 1.54) is 25.7 Å². The van der Waals surface area contributed by atoms with Gasteiger partial charge in [-0.1, -0.05) is 20.3 Å². The molecule has 1 saturated heterocycles. The van der Waals surface area contributed by atoms with Crippen molar-refractivity contribution in [3.05, 3.63) is 0 Å². The highest BCUT2D eigenvalue weighted by atomic mass is 19.4. The van der Waals surface area contributed by atoms with Crippen molar-refractivity contribution in [1.29, 1.82) is 0 Å². The summed E-state index contributed by atoms with van der Waals surface area (Å²) in [7, 11) is 0. The molecule has 2 N–H and O–H groups in total. The molecule has 0 unspecified atom stereocenters. The first-order valence-electron chi connectivity index (χ1n) is 13.5. The molecule has 0 amide bonds. The summed E-state index contributed by atoms with van der Waals surface area (Å²) in [5.41, 5.74) is -2.84. The van der Waals surface area contributed by atoms with Crippen molar-refractivity contribution in [2.24, 2.45) is 40.4 Å². The average Bonchev–Trinajstić information content (AvgIpc) is 3.31. The molecule has 5 rings (SSSR count). The van der Waals surface area contributed by atoms with Gasteiger partial charge in [0.05, 0.1) is 12.2 Å². The van der Waals surface area contributed by atoms with Gasteiger partial charge in [-0.05, 0) is 111 Å². The lowest BCUT2D eigenvalue weighted by Crippen LogP contribution is -2.59. The third-order valence-electron chi connectivity index (χ3n) is 11.7. The van der Waals surface area contributed by atoms with Crippen molar-refractivity contribution in [3.8, 4) is 0 Å². The quantitative estimate of drug-likeness (QED) is 0.508. The fraction of sp³-hybridized carbons (Fsp3) is 1.00. The SMILES string of the molecule is C[C@]12CC[C@@](O)(C(F)(F)F)C[C@@H]1CC[C@@H]1[C@@H]2CC[C@]2(C)[C@H](CCC[C@@]3(O)CCOC3)CC[C@@H]12. The lowest BCUT2D eigenvalue weighted by molar-refractivity contribution is -0.290. The van der Waals surface area contributed by atoms with Crippen LogP contribution >= 0.6 is 0 Å². The molecule has 0 spiro atoms. The Morgan fingerprint density at radius 3 is 2.33 bits per heavy atom. The summed E-state index contributed by atoms with van der Waals surface area (Å²) in [6.07, 6.45) is 6.24. The summed E-state index contributed by atoms with van der Waals surface area (Å²) in [5, 5.41) is 21.0. The highest BCUT2D eigenvalue weighted by Crippen LogP contribution is 2.69. The van der Waals surface area contributed by atoms with Crippen LogP contribution in [0.15, 0.2) is 0 Å². The first-order chi connectivity index (χ1) is 15.4. The molecule has 9 atom stereocenters. The van der Waals surface area contributed by atoms with Gasteiger partial charge in [-0.15, -0.1) is 0 Å². The van der Waals surface area contributed by atoms with Gasteiger partial charge in [0.1, 0.15) is 0 Å². The van der Waals surface area contributed by atoms with Gasteiger partial charge >= 0.3 is 6.18 Å². The van der Waals surface area contributed by atoms with E-state index in [0.29, 0.717) is 48.7 Å². The predicted molar refractivity (Wildman–Crippen MR) is 120 cm³/mol. The summed E-state index contributed by atoms with van der Waals surface area (Å²) in [6.45, 7) is 5.90. The van der Waals surface area contributed by atoms with E-state index in [2.05, 4.69) is 13.8 Å². The van der Waals surface area contributed by atoms with Gasteiger partial charge in [0.2, 0.25) is 0 Å². The van der Waals surface area contributed by atoms with Crippen molar-refractivity contribution in [1.82, 2.24) is 0 Å². The highest BCUT2D eigenvalue weighted by Gasteiger charge is 2.64. The number of ether oxygens (including phenoxy) is 1. The van der Waals surface area contributed by atoms with Crippen LogP contribution in [0, 0.1) is 40.4 Å². The molecule has 3 nitrogen and oxygen atoms in total. The van der Waals surface area contributed by atoms with Gasteiger partial charge in [0, 0.05) is 13.0 Å². The summed E-state index contributed by atoms with van der Waals surface area (Å²) in [5.74, 6) is 2.48. The van der Waals surface area contributed by atoms with E-state index in [1.54, 1.807) is 0 Å². The fourth-order valence-corrected chi connectivity index (χ4v) is 9.56. The second-order valence-corrected chi connectivity index (χ2v) is 13.1. The molecule has 4 aliphatic carbocycles. The fourth-order valence-electron chi connectivity index (χ4n) is 9.56. The van der Waals surface area contributed by atoms with Gasteiger partial charge in [-0.3, -0.25) is 0 Å². The molecular weight excluding hydrogens is 429 g/mol. The van der Waals surface area contributed by atoms with Crippen LogP contribution in [0.5, 0.6) is 0 Å². The standard InChI is InChI=1S/C27H43F3O3/c1-23-11-9-22-20(7-5-19-16-26(32,27(28,29)30)13-12-24(19,22)2)21(23)8-6-18(23)4-3-10-25(31)14-15-33-17-25/h18-22,31-32H,3-17H2,1-2H3/t18-,19+,20+,21+,22+,23-,24+,25-,26+/m1/s1. The second-order valence-electron chi connectivity index (χ2n) is 13.1. The maximum Gasteiger partial charge on any atom is 0.417 e. The molecule has 6 heteroatoms. The molecular formula is C27H43F3O3. The van der Waals surface area contributed by atoms with E-state index in [-0.39, 0.29) is 24.2 Å². The molecule has 1 heterocycles. The molecule has 0 radical (unpaired) electrons. The molecule has 1 aliphatic heterocycles. The smallest absolute Gasteiger partial charge is 0.387 e. The average molecular weight is 473 g/mol. The molecule has 0 aromatic carbocycles. The minimum absolute atomic E-state index is 0.0185. The first-order valence-corrected chi connectivity index (χ1v) is 13.5. The Bertz CT molecular complexity index is 735. The van der Waals surface area contributed by atoms with Crippen LogP contribution in [0.25, 0.3) is 0 Å². The van der Waals surface area contributed by atoms with E-state index < -0.39 is 17.4 Å². The number of hydrogen-bond acceptors (Lipinski definition) is 3. The highest BCUT2D eigenvalue weighted by molar-refractivity contribution is 5.11. The Morgan fingerprint density at radius 2 is 1.64 bits per heavy atom. The number of rotatable bonds is 4. The van der Waals surface area contributed by atoms with Crippen molar-refractivity contribution in [3.63, 3.8) is 0 Å². The number of alkyl halides is 3. The third kappa shape index (κ3) is 3.89. The number of halogens is 3. The van der Waals surface area contributed by atoms with Crippen LogP contribution in [-0.4, -0.2) is 40.8 Å². The Balaban J connectivity index is 1.25. The van der Waals surface area contributed by atoms with E-state index in [9.17, 15) is 23.4 Å². The summed E-state index contributed by atoms with van der Waals surface area (Å²) in [4.78, 5) is 0. The number of hydrogen-bond donors (Lipinski definition) is 2. The first kappa shape index (κ1) is 24.4. The van der Waals surface area contributed by atoms with Crippen molar-refractivity contribution in [2.75, 3.05) is 13.2 Å². The van der Waals surface area contributed by atoms with Gasteiger partial charge in [-0.25, -0.2) is 0 Å². The largest absolute Gasteiger partial charge is 0.417 e. The minimum atomic E-state index is -4.52. The monoisotopic (exact) mass is 472 g/mol. The summed E-state index contributed by atoms with van der Waals surface area (Å²) in [6, 6.07) is 0. The molecule has 5 aliphatic rings. The topological polar surface area (TPSA) is 49.7 Å². The zero-order valence-corrected chi connectivity index (χ0v) is 20.4. The van der Waals surface area contributed by atoms with E-state index in [0.717, 1.165) is 38.5 Å². The lowest BCUT2D eigenvalue weighted by atomic mass is 9.43. The number of aliphatic hydroxyl groups is 2. The molecule has 190 valence electrons. The van der Waals surface area contributed by atoms with Gasteiger partial charge in [-0.2, -0.15) is 13.2 Å². The second kappa shape index (κ2) is 8.09. The van der Waals surface area contributed by atoms with Crippen LogP contribution in [0.2, 0.25) is 0 Å². The van der Waals surface area contributed by atoms with Gasteiger partial charge < -0.3 is 14.9 Å². The van der Waals surface area contributed by atoms with E-state index in [4.69, 9.17) is 4.74 Å². The van der Waals surface area contributed by atoms with Crippen molar-refractivity contribution >= 4 is 0 Å². The molecule has 5 fully saturated rings. The molecule has 0 aromatic heterocycles. The van der Waals surface area contributed by atoms with Gasteiger partial charge in [0.25, 0.3) is 0 Å². The Labute approximate surface area is 196 Å². The van der Waals surface area contributed by atoms with Gasteiger partial charge in [0.15, 0.2) is 5.60 Å². The summed E-state index contributed by atoms with van der Waals surface area (Å²) < 4.78 is 46.1. The predicted octanol–water partition coefficient (Wildman–Crippen LogP) is 6.26. The zero-order chi connectivity index (χ0) is 23.7. The normalized spacial score (nSPS) is 52.3. The van der Waals surface area contributed by atoms with Crippen molar-refractivity contribution < 1.29 is 28.1 Å². The maximum atomic E-state index is 13.6. The van der Waals surface area contributed by atoms with Crippen molar-refractivity contribution in [2.45, 2.75) is 115 Å². The van der Waals surface area contributed by atoms with Crippen LogP contribution in [-0.2, 0) is 4.74 Å². The zero-order valence-electron chi connectivity index (χ0n) is 20.4. The van der Waals surface area contributed by atoms with E-state index in [1.807, 2.05) is 0 Å². The molecule has 0 bridgehead atoms. The van der Waals surface area contributed by atoms with Crippen LogP contribution in [0.4, 0.5) is 13.2 Å². The molecule has 0 aromatic rings. The number of fused-ring (bicyclic) bond motifs is 5. The minimum Gasteiger partial charge on any atom is -0.387 e. The van der Waals surface area contributed by atoms with Crippen LogP contribution < -0.4 is 0 Å². The molecule has 33 heavy (non-hydrogen) atoms.